The van der Waals surface area contributed by atoms with Crippen molar-refractivity contribution in [3.8, 4) is 0 Å². The van der Waals surface area contributed by atoms with Crippen LogP contribution in [0.2, 0.25) is 0 Å². The van der Waals surface area contributed by atoms with E-state index in [0.717, 1.165) is 12.3 Å². The van der Waals surface area contributed by atoms with Crippen molar-refractivity contribution in [1.29, 1.82) is 0 Å². The quantitative estimate of drug-likeness (QED) is 0.865. The van der Waals surface area contributed by atoms with E-state index >= 15 is 0 Å². The molecule has 0 aromatic rings. The van der Waals surface area contributed by atoms with E-state index < -0.39 is 5.60 Å². The smallest absolute Gasteiger partial charge is 0.410 e. The van der Waals surface area contributed by atoms with Gasteiger partial charge in [-0.05, 0) is 45.4 Å². The Morgan fingerprint density at radius 1 is 1.39 bits per heavy atom. The zero-order valence-electron chi connectivity index (χ0n) is 15.2. The number of hydrogen-bond donors (Lipinski definition) is 1. The Kier molecular flexibility index (Phi) is 6.32. The molecule has 0 radical (unpaired) electrons. The van der Waals surface area contributed by atoms with Crippen LogP contribution in [0.15, 0.2) is 0 Å². The Bertz CT molecular complexity index is 394. The average molecular weight is 326 g/mol. The minimum absolute atomic E-state index is 0.0304. The summed E-state index contributed by atoms with van der Waals surface area (Å²) in [4.78, 5) is 14.3. The Morgan fingerprint density at radius 2 is 2.13 bits per heavy atom. The highest BCUT2D eigenvalue weighted by molar-refractivity contribution is 5.68. The number of amides is 1. The molecule has 4 atom stereocenters. The van der Waals surface area contributed by atoms with E-state index in [-0.39, 0.29) is 18.2 Å². The van der Waals surface area contributed by atoms with Gasteiger partial charge < -0.3 is 15.2 Å². The summed E-state index contributed by atoms with van der Waals surface area (Å²) in [5, 5.41) is 0. The van der Waals surface area contributed by atoms with Gasteiger partial charge in [0.1, 0.15) is 5.60 Å². The van der Waals surface area contributed by atoms with Crippen LogP contribution in [0, 0.1) is 11.8 Å². The van der Waals surface area contributed by atoms with Crippen LogP contribution in [0.25, 0.3) is 0 Å². The van der Waals surface area contributed by atoms with Gasteiger partial charge in [0.15, 0.2) is 0 Å². The minimum Gasteiger partial charge on any atom is -0.444 e. The van der Waals surface area contributed by atoms with E-state index in [2.05, 4.69) is 6.92 Å². The summed E-state index contributed by atoms with van der Waals surface area (Å²) >= 11 is 0. The first-order chi connectivity index (χ1) is 10.8. The van der Waals surface area contributed by atoms with Crippen molar-refractivity contribution in [2.45, 2.75) is 77.5 Å². The van der Waals surface area contributed by atoms with E-state index in [1.807, 2.05) is 20.8 Å². The molecule has 2 fully saturated rings. The molecule has 0 aromatic heterocycles. The fraction of sp³-hybridized carbons (Fsp3) is 0.944. The molecule has 134 valence electrons. The third-order valence-corrected chi connectivity index (χ3v) is 5.18. The molecule has 23 heavy (non-hydrogen) atoms. The second-order valence-corrected chi connectivity index (χ2v) is 8.09. The number of carbonyl (C=O) groups is 1. The van der Waals surface area contributed by atoms with Crippen LogP contribution in [0.4, 0.5) is 4.79 Å². The molecule has 1 aliphatic carbocycles. The lowest BCUT2D eigenvalue weighted by molar-refractivity contribution is -0.0447. The topological polar surface area (TPSA) is 64.8 Å². The third kappa shape index (κ3) is 5.08. The normalized spacial score (nSPS) is 30.8. The molecule has 1 heterocycles. The maximum Gasteiger partial charge on any atom is 0.410 e. The van der Waals surface area contributed by atoms with Gasteiger partial charge in [-0.3, -0.25) is 4.90 Å². The molecule has 1 amide bonds. The summed E-state index contributed by atoms with van der Waals surface area (Å²) in [6, 6.07) is -0.101. The fourth-order valence-electron chi connectivity index (χ4n) is 3.86. The van der Waals surface area contributed by atoms with Crippen molar-refractivity contribution in [3.05, 3.63) is 0 Å². The predicted molar refractivity (Wildman–Crippen MR) is 91.3 cm³/mol. The Labute approximate surface area is 140 Å². The van der Waals surface area contributed by atoms with E-state index in [1.165, 1.54) is 25.7 Å². The summed E-state index contributed by atoms with van der Waals surface area (Å²) in [6.45, 7) is 9.60. The van der Waals surface area contributed by atoms with Crippen molar-refractivity contribution in [2.24, 2.45) is 17.6 Å². The van der Waals surface area contributed by atoms with Crippen molar-refractivity contribution in [3.63, 3.8) is 0 Å². The number of nitrogens with zero attached hydrogens (tertiary/aromatic N) is 1. The maximum atomic E-state index is 12.5. The molecule has 2 aliphatic rings. The van der Waals surface area contributed by atoms with Gasteiger partial charge in [-0.2, -0.15) is 0 Å². The van der Waals surface area contributed by atoms with Gasteiger partial charge in [0.2, 0.25) is 0 Å². The molecule has 0 bridgehead atoms. The van der Waals surface area contributed by atoms with Crippen molar-refractivity contribution in [1.82, 2.24) is 4.90 Å². The summed E-state index contributed by atoms with van der Waals surface area (Å²) in [7, 11) is 0. The Morgan fingerprint density at radius 3 is 2.78 bits per heavy atom. The van der Waals surface area contributed by atoms with E-state index in [1.54, 1.807) is 4.90 Å². The van der Waals surface area contributed by atoms with E-state index in [4.69, 9.17) is 15.2 Å². The zero-order valence-corrected chi connectivity index (χ0v) is 15.2. The van der Waals surface area contributed by atoms with Gasteiger partial charge in [0.05, 0.1) is 19.3 Å². The maximum absolute atomic E-state index is 12.5. The summed E-state index contributed by atoms with van der Waals surface area (Å²) < 4.78 is 11.2. The lowest BCUT2D eigenvalue weighted by atomic mass is 9.75. The van der Waals surface area contributed by atoms with Gasteiger partial charge in [-0.25, -0.2) is 4.79 Å². The lowest BCUT2D eigenvalue weighted by Crippen LogP contribution is -2.60. The van der Waals surface area contributed by atoms with Crippen molar-refractivity contribution >= 4 is 6.09 Å². The monoisotopic (exact) mass is 326 g/mol. The molecule has 0 spiro atoms. The second-order valence-electron chi connectivity index (χ2n) is 8.09. The molecule has 5 nitrogen and oxygen atoms in total. The molecular weight excluding hydrogens is 292 g/mol. The fourth-order valence-corrected chi connectivity index (χ4v) is 3.86. The van der Waals surface area contributed by atoms with E-state index in [9.17, 15) is 4.79 Å². The van der Waals surface area contributed by atoms with Crippen LogP contribution in [-0.2, 0) is 9.47 Å². The molecule has 1 aliphatic heterocycles. The number of morpholine rings is 1. The van der Waals surface area contributed by atoms with Gasteiger partial charge >= 0.3 is 6.09 Å². The van der Waals surface area contributed by atoms with Gasteiger partial charge in [-0.1, -0.05) is 26.2 Å². The zero-order chi connectivity index (χ0) is 17.0. The molecule has 2 rings (SSSR count). The first kappa shape index (κ1) is 18.5. The van der Waals surface area contributed by atoms with Crippen molar-refractivity contribution in [2.75, 3.05) is 19.8 Å². The van der Waals surface area contributed by atoms with Crippen LogP contribution in [0.1, 0.15) is 59.8 Å². The minimum atomic E-state index is -0.484. The van der Waals surface area contributed by atoms with E-state index in [0.29, 0.717) is 25.7 Å². The lowest BCUT2D eigenvalue weighted by Gasteiger charge is -2.43. The molecule has 1 saturated carbocycles. The van der Waals surface area contributed by atoms with Gasteiger partial charge in [0.25, 0.3) is 0 Å². The van der Waals surface area contributed by atoms with Crippen molar-refractivity contribution < 1.29 is 14.3 Å². The molecule has 4 unspecified atom stereocenters. The van der Waals surface area contributed by atoms with Gasteiger partial charge in [-0.15, -0.1) is 0 Å². The highest BCUT2D eigenvalue weighted by atomic mass is 16.6. The summed E-state index contributed by atoms with van der Waals surface area (Å²) in [6.07, 6.45) is 5.87. The predicted octanol–water partition coefficient (Wildman–Crippen LogP) is 3.17. The standard InChI is InChI=1S/C18H34N2O3/c1-5-13-7-6-8-14(11-13)16(19)15-12-22-10-9-20(15)17(21)23-18(2,3)4/h13-16H,5-12,19H2,1-4H3. The first-order valence-corrected chi connectivity index (χ1v) is 9.14. The SMILES string of the molecule is CCC1CCCC(C(N)C2COCCN2C(=O)OC(C)(C)C)C1. The largest absolute Gasteiger partial charge is 0.444 e. The molecule has 5 heteroatoms. The second kappa shape index (κ2) is 7.84. The highest BCUT2D eigenvalue weighted by Crippen LogP contribution is 2.34. The van der Waals surface area contributed by atoms with Crippen LogP contribution in [0.5, 0.6) is 0 Å². The Balaban J connectivity index is 2.03. The molecule has 1 saturated heterocycles. The third-order valence-electron chi connectivity index (χ3n) is 5.18. The average Bonchev–Trinajstić information content (AvgIpc) is 2.52. The van der Waals surface area contributed by atoms with Gasteiger partial charge in [0, 0.05) is 12.6 Å². The number of ether oxygens (including phenoxy) is 2. The molecular formula is C18H34N2O3. The number of hydrogen-bond acceptors (Lipinski definition) is 4. The first-order valence-electron chi connectivity index (χ1n) is 9.14. The molecule has 2 N–H and O–H groups in total. The summed E-state index contributed by atoms with van der Waals surface area (Å²) in [5.41, 5.74) is 6.12. The van der Waals surface area contributed by atoms with Crippen LogP contribution in [-0.4, -0.2) is 48.4 Å². The highest BCUT2D eigenvalue weighted by Gasteiger charge is 2.38. The van der Waals surface area contributed by atoms with Crippen LogP contribution >= 0.6 is 0 Å². The molecule has 0 aromatic carbocycles. The number of carbonyl (C=O) groups excluding carboxylic acids is 1. The van der Waals surface area contributed by atoms with Crippen LogP contribution in [0.3, 0.4) is 0 Å². The van der Waals surface area contributed by atoms with Crippen LogP contribution < -0.4 is 5.73 Å². The summed E-state index contributed by atoms with van der Waals surface area (Å²) in [5.74, 6) is 1.25. The Hall–Kier alpha value is -0.810. The number of rotatable bonds is 3. The number of nitrogens with two attached hydrogens (primary N) is 1.